The van der Waals surface area contributed by atoms with Crippen molar-refractivity contribution in [3.8, 4) is 0 Å². The van der Waals surface area contributed by atoms with E-state index in [1.807, 2.05) is 19.1 Å². The average molecular weight is 313 g/mol. The third-order valence-corrected chi connectivity index (χ3v) is 3.77. The van der Waals surface area contributed by atoms with Crippen molar-refractivity contribution < 1.29 is 9.53 Å². The number of carbonyl (C=O) groups excluding carboxylic acids is 1. The molecule has 1 saturated carbocycles. The second-order valence-corrected chi connectivity index (χ2v) is 5.46. The highest BCUT2D eigenvalue weighted by atomic mass is 35.5. The van der Waals surface area contributed by atoms with Crippen molar-refractivity contribution >= 4 is 24.0 Å². The first-order chi connectivity index (χ1) is 9.66. The Morgan fingerprint density at radius 1 is 1.38 bits per heavy atom. The summed E-state index contributed by atoms with van der Waals surface area (Å²) in [6.45, 7) is 3.28. The maximum atomic E-state index is 12.0. The van der Waals surface area contributed by atoms with Gasteiger partial charge in [0.15, 0.2) is 0 Å². The van der Waals surface area contributed by atoms with Crippen LogP contribution in [0.1, 0.15) is 48.0 Å². The van der Waals surface area contributed by atoms with Gasteiger partial charge in [0.1, 0.15) is 0 Å². The molecule has 0 radical (unpaired) electrons. The van der Waals surface area contributed by atoms with Gasteiger partial charge < -0.3 is 15.8 Å². The Hall–Kier alpha value is -1.26. The molecule has 2 rings (SSSR count). The Labute approximate surface area is 132 Å². The zero-order chi connectivity index (χ0) is 14.4. The fourth-order valence-electron chi connectivity index (χ4n) is 2.56. The van der Waals surface area contributed by atoms with E-state index < -0.39 is 0 Å². The number of aryl methyl sites for hydroxylation is 1. The van der Waals surface area contributed by atoms with Crippen LogP contribution in [0.4, 0.5) is 5.69 Å². The zero-order valence-corrected chi connectivity index (χ0v) is 13.4. The van der Waals surface area contributed by atoms with Gasteiger partial charge in [0.25, 0.3) is 5.91 Å². The van der Waals surface area contributed by atoms with E-state index in [4.69, 9.17) is 10.5 Å². The van der Waals surface area contributed by atoms with Gasteiger partial charge in [0, 0.05) is 24.4 Å². The number of ether oxygens (including phenoxy) is 1. The topological polar surface area (TPSA) is 64.4 Å². The van der Waals surface area contributed by atoms with Crippen molar-refractivity contribution in [2.75, 3.05) is 18.9 Å². The van der Waals surface area contributed by atoms with Crippen LogP contribution in [-0.2, 0) is 4.74 Å². The minimum atomic E-state index is -0.0596. The van der Waals surface area contributed by atoms with Crippen molar-refractivity contribution in [3.63, 3.8) is 0 Å². The van der Waals surface area contributed by atoms with Crippen molar-refractivity contribution in [2.45, 2.75) is 45.1 Å². The molecule has 1 aliphatic carbocycles. The van der Waals surface area contributed by atoms with Gasteiger partial charge in [-0.15, -0.1) is 12.4 Å². The molecule has 0 aromatic heterocycles. The van der Waals surface area contributed by atoms with E-state index in [1.54, 1.807) is 6.07 Å². The molecular formula is C16H25ClN2O2. The number of halogens is 1. The van der Waals surface area contributed by atoms with E-state index in [1.165, 1.54) is 25.7 Å². The monoisotopic (exact) mass is 312 g/mol. The summed E-state index contributed by atoms with van der Waals surface area (Å²) < 4.78 is 5.76. The summed E-state index contributed by atoms with van der Waals surface area (Å²) in [6, 6.07) is 5.40. The highest BCUT2D eigenvalue weighted by Gasteiger charge is 2.14. The smallest absolute Gasteiger partial charge is 0.251 e. The van der Waals surface area contributed by atoms with Crippen LogP contribution in [0.5, 0.6) is 0 Å². The molecule has 0 atom stereocenters. The van der Waals surface area contributed by atoms with Crippen LogP contribution in [0.25, 0.3) is 0 Å². The van der Waals surface area contributed by atoms with Crippen molar-refractivity contribution in [1.29, 1.82) is 0 Å². The molecule has 1 fully saturated rings. The Balaban J connectivity index is 0.00000220. The lowest BCUT2D eigenvalue weighted by Crippen LogP contribution is -2.26. The van der Waals surface area contributed by atoms with Gasteiger partial charge in [-0.1, -0.05) is 18.9 Å². The van der Waals surface area contributed by atoms with Crippen LogP contribution in [-0.4, -0.2) is 25.2 Å². The number of carbonyl (C=O) groups is 1. The van der Waals surface area contributed by atoms with Crippen LogP contribution in [0.3, 0.4) is 0 Å². The quantitative estimate of drug-likeness (QED) is 0.626. The number of anilines is 1. The number of rotatable bonds is 6. The van der Waals surface area contributed by atoms with Gasteiger partial charge in [-0.2, -0.15) is 0 Å². The van der Waals surface area contributed by atoms with Gasteiger partial charge in [-0.3, -0.25) is 4.79 Å². The minimum absolute atomic E-state index is 0. The summed E-state index contributed by atoms with van der Waals surface area (Å²) in [5, 5.41) is 2.92. The van der Waals surface area contributed by atoms with Crippen LogP contribution >= 0.6 is 12.4 Å². The zero-order valence-electron chi connectivity index (χ0n) is 12.6. The SMILES string of the molecule is Cc1ccc(N)cc1C(=O)NCCCOC1CCCC1.Cl. The first kappa shape index (κ1) is 17.8. The fraction of sp³-hybridized carbons (Fsp3) is 0.562. The number of nitrogens with two attached hydrogens (primary N) is 1. The van der Waals surface area contributed by atoms with E-state index in [9.17, 15) is 4.79 Å². The molecule has 21 heavy (non-hydrogen) atoms. The van der Waals surface area contributed by atoms with Gasteiger partial charge >= 0.3 is 0 Å². The molecular weight excluding hydrogens is 288 g/mol. The normalized spacial score (nSPS) is 14.7. The van der Waals surface area contributed by atoms with Crippen molar-refractivity contribution in [3.05, 3.63) is 29.3 Å². The molecule has 5 heteroatoms. The van der Waals surface area contributed by atoms with Crippen LogP contribution in [0.15, 0.2) is 18.2 Å². The molecule has 1 aliphatic rings. The minimum Gasteiger partial charge on any atom is -0.399 e. The second kappa shape index (κ2) is 8.90. The average Bonchev–Trinajstić information content (AvgIpc) is 2.94. The molecule has 0 spiro atoms. The molecule has 1 aromatic rings. The number of nitrogens with one attached hydrogen (secondary N) is 1. The number of hydrogen-bond acceptors (Lipinski definition) is 3. The maximum Gasteiger partial charge on any atom is 0.251 e. The van der Waals surface area contributed by atoms with Crippen LogP contribution < -0.4 is 11.1 Å². The summed E-state index contributed by atoms with van der Waals surface area (Å²) >= 11 is 0. The maximum absolute atomic E-state index is 12.0. The summed E-state index contributed by atoms with van der Waals surface area (Å²) in [4.78, 5) is 12.0. The van der Waals surface area contributed by atoms with Gasteiger partial charge in [0.05, 0.1) is 6.10 Å². The first-order valence-electron chi connectivity index (χ1n) is 7.43. The molecule has 118 valence electrons. The lowest BCUT2D eigenvalue weighted by atomic mass is 10.1. The number of hydrogen-bond donors (Lipinski definition) is 2. The molecule has 0 saturated heterocycles. The number of benzene rings is 1. The predicted molar refractivity (Wildman–Crippen MR) is 88.0 cm³/mol. The highest BCUT2D eigenvalue weighted by molar-refractivity contribution is 5.96. The third-order valence-electron chi connectivity index (χ3n) is 3.77. The van der Waals surface area contributed by atoms with E-state index >= 15 is 0 Å². The lowest BCUT2D eigenvalue weighted by molar-refractivity contribution is 0.0565. The predicted octanol–water partition coefficient (Wildman–Crippen LogP) is 3.08. The van der Waals surface area contributed by atoms with Gasteiger partial charge in [-0.05, 0) is 43.9 Å². The second-order valence-electron chi connectivity index (χ2n) is 5.46. The Morgan fingerprint density at radius 3 is 2.81 bits per heavy atom. The molecule has 0 heterocycles. The van der Waals surface area contributed by atoms with E-state index in [-0.39, 0.29) is 18.3 Å². The number of amides is 1. The van der Waals surface area contributed by atoms with Gasteiger partial charge in [0.2, 0.25) is 0 Å². The van der Waals surface area contributed by atoms with E-state index in [0.29, 0.717) is 23.9 Å². The molecule has 0 bridgehead atoms. The van der Waals surface area contributed by atoms with Crippen molar-refractivity contribution in [2.24, 2.45) is 0 Å². The van der Waals surface area contributed by atoms with Crippen molar-refractivity contribution in [1.82, 2.24) is 5.32 Å². The largest absolute Gasteiger partial charge is 0.399 e. The number of nitrogen functional groups attached to an aromatic ring is 1. The lowest BCUT2D eigenvalue weighted by Gasteiger charge is -2.11. The summed E-state index contributed by atoms with van der Waals surface area (Å²) in [7, 11) is 0. The molecule has 1 amide bonds. The summed E-state index contributed by atoms with van der Waals surface area (Å²) in [6.07, 6.45) is 6.25. The molecule has 1 aromatic carbocycles. The molecule has 4 nitrogen and oxygen atoms in total. The Morgan fingerprint density at radius 2 is 2.10 bits per heavy atom. The Kier molecular flexibility index (Phi) is 7.54. The fourth-order valence-corrected chi connectivity index (χ4v) is 2.56. The van der Waals surface area contributed by atoms with E-state index in [0.717, 1.165) is 18.6 Å². The van der Waals surface area contributed by atoms with E-state index in [2.05, 4.69) is 5.32 Å². The summed E-state index contributed by atoms with van der Waals surface area (Å²) in [5.41, 5.74) is 7.93. The third kappa shape index (κ3) is 5.56. The first-order valence-corrected chi connectivity index (χ1v) is 7.43. The molecule has 0 unspecified atom stereocenters. The highest BCUT2D eigenvalue weighted by Crippen LogP contribution is 2.20. The van der Waals surface area contributed by atoms with Crippen LogP contribution in [0, 0.1) is 6.92 Å². The van der Waals surface area contributed by atoms with Crippen LogP contribution in [0.2, 0.25) is 0 Å². The summed E-state index contributed by atoms with van der Waals surface area (Å²) in [5.74, 6) is -0.0596. The standard InChI is InChI=1S/C16H24N2O2.ClH/c1-12-7-8-13(17)11-15(12)16(19)18-9-4-10-20-14-5-2-3-6-14;/h7-8,11,14H,2-6,9-10,17H2,1H3,(H,18,19);1H. The molecule has 3 N–H and O–H groups in total. The van der Waals surface area contributed by atoms with Gasteiger partial charge in [-0.25, -0.2) is 0 Å². The molecule has 0 aliphatic heterocycles. The Bertz CT molecular complexity index is 460.